The van der Waals surface area contributed by atoms with E-state index in [1.54, 1.807) is 6.92 Å². The molecule has 0 aromatic carbocycles. The lowest BCUT2D eigenvalue weighted by Gasteiger charge is -2.23. The summed E-state index contributed by atoms with van der Waals surface area (Å²) in [6.45, 7) is 8.10. The van der Waals surface area contributed by atoms with Crippen molar-refractivity contribution in [3.05, 3.63) is 0 Å². The first-order chi connectivity index (χ1) is 11.9. The minimum Gasteiger partial charge on any atom is -0.393 e. The van der Waals surface area contributed by atoms with Crippen LogP contribution < -0.4 is 0 Å². The molecule has 4 nitrogen and oxygen atoms in total. The summed E-state index contributed by atoms with van der Waals surface area (Å²) < 4.78 is 24.7. The van der Waals surface area contributed by atoms with E-state index in [0.717, 1.165) is 49.9 Å². The van der Waals surface area contributed by atoms with Gasteiger partial charge in [0, 0.05) is 5.75 Å². The zero-order valence-electron chi connectivity index (χ0n) is 17.0. The van der Waals surface area contributed by atoms with Crippen LogP contribution in [0.5, 0.6) is 0 Å². The molecule has 1 N–H and O–H groups in total. The number of aliphatic hydroxyl groups is 1. The molecule has 0 rings (SSSR count). The zero-order valence-corrected chi connectivity index (χ0v) is 18.7. The van der Waals surface area contributed by atoms with Crippen LogP contribution in [0.2, 0.25) is 0 Å². The van der Waals surface area contributed by atoms with Crippen LogP contribution in [0, 0.1) is 11.8 Å². The Hall–Kier alpha value is 0.460. The minimum absolute atomic E-state index is 0.370. The lowest BCUT2D eigenvalue weighted by molar-refractivity contribution is 0.162. The van der Waals surface area contributed by atoms with E-state index in [0.29, 0.717) is 30.8 Å². The van der Waals surface area contributed by atoms with Gasteiger partial charge in [0.05, 0.1) is 19.3 Å². The highest BCUT2D eigenvalue weighted by atomic mass is 32.7. The molecule has 0 amide bonds. The average Bonchev–Trinajstić information content (AvgIpc) is 2.60. The Morgan fingerprint density at radius 3 is 1.68 bits per heavy atom. The van der Waals surface area contributed by atoms with Crippen molar-refractivity contribution < 1.29 is 18.7 Å². The van der Waals surface area contributed by atoms with Gasteiger partial charge in [-0.3, -0.25) is 0 Å². The summed E-state index contributed by atoms with van der Waals surface area (Å²) >= 11 is 1.15. The molecule has 6 heteroatoms. The molecule has 0 aliphatic rings. The van der Waals surface area contributed by atoms with Gasteiger partial charge in [-0.1, -0.05) is 66.2 Å². The van der Waals surface area contributed by atoms with Gasteiger partial charge in [0.1, 0.15) is 0 Å². The maximum atomic E-state index is 13.1. The Labute approximate surface area is 160 Å². The average molecular weight is 397 g/mol. The molecule has 0 aliphatic heterocycles. The van der Waals surface area contributed by atoms with E-state index in [-0.39, 0.29) is 0 Å². The van der Waals surface area contributed by atoms with E-state index in [2.05, 4.69) is 27.7 Å². The van der Waals surface area contributed by atoms with Gasteiger partial charge >= 0.3 is 6.80 Å². The SMILES string of the molecule is CCCCC(CC)COP(=O)(OCC(CC)CCCC)SCC(C)O. The summed E-state index contributed by atoms with van der Waals surface area (Å²) in [7, 11) is 0. The molecule has 0 aromatic heterocycles. The largest absolute Gasteiger partial charge is 0.393 e. The van der Waals surface area contributed by atoms with Crippen LogP contribution in [0.15, 0.2) is 0 Å². The maximum absolute atomic E-state index is 13.1. The fourth-order valence-electron chi connectivity index (χ4n) is 2.50. The highest BCUT2D eigenvalue weighted by Crippen LogP contribution is 2.61. The number of rotatable bonds is 17. The first-order valence-corrected chi connectivity index (χ1v) is 13.3. The van der Waals surface area contributed by atoms with Gasteiger partial charge in [0.2, 0.25) is 0 Å². The van der Waals surface area contributed by atoms with Crippen LogP contribution in [0.25, 0.3) is 0 Å². The maximum Gasteiger partial charge on any atom is 0.389 e. The normalized spacial score (nSPS) is 17.8. The van der Waals surface area contributed by atoms with Gasteiger partial charge < -0.3 is 14.2 Å². The van der Waals surface area contributed by atoms with Crippen LogP contribution in [0.1, 0.15) is 86.0 Å². The summed E-state index contributed by atoms with van der Waals surface area (Å²) in [4.78, 5) is 0. The molecular weight excluding hydrogens is 355 g/mol. The second-order valence-corrected chi connectivity index (χ2v) is 11.1. The van der Waals surface area contributed by atoms with E-state index in [4.69, 9.17) is 9.05 Å². The Kier molecular flexibility index (Phi) is 15.8. The summed E-state index contributed by atoms with van der Waals surface area (Å²) in [5.74, 6) is 1.21. The molecule has 152 valence electrons. The van der Waals surface area contributed by atoms with Gasteiger partial charge in [0.25, 0.3) is 0 Å². The van der Waals surface area contributed by atoms with Crippen molar-refractivity contribution in [2.24, 2.45) is 11.8 Å². The van der Waals surface area contributed by atoms with Gasteiger partial charge in [-0.15, -0.1) is 0 Å². The molecule has 0 heterocycles. The molecule has 25 heavy (non-hydrogen) atoms. The Balaban J connectivity index is 4.66. The van der Waals surface area contributed by atoms with Crippen LogP contribution >= 0.6 is 18.2 Å². The van der Waals surface area contributed by atoms with E-state index in [1.165, 1.54) is 12.8 Å². The summed E-state index contributed by atoms with van der Waals surface area (Å²) in [6.07, 6.45) is 8.39. The number of unbranched alkanes of at least 4 members (excludes halogenated alkanes) is 2. The zero-order chi connectivity index (χ0) is 19.1. The smallest absolute Gasteiger partial charge is 0.389 e. The monoisotopic (exact) mass is 396 g/mol. The van der Waals surface area contributed by atoms with Crippen LogP contribution in [-0.4, -0.2) is 30.2 Å². The summed E-state index contributed by atoms with van der Waals surface area (Å²) in [5, 5.41) is 9.54. The third-order valence-corrected chi connectivity index (χ3v) is 8.40. The van der Waals surface area contributed by atoms with Crippen LogP contribution in [-0.2, 0) is 13.6 Å². The summed E-state index contributed by atoms with van der Waals surface area (Å²) in [6, 6.07) is 0. The number of aliphatic hydroxyl groups excluding tert-OH is 1. The van der Waals surface area contributed by atoms with E-state index >= 15 is 0 Å². The highest BCUT2D eigenvalue weighted by Gasteiger charge is 2.28. The molecule has 0 saturated carbocycles. The molecular formula is C19H41O4PS. The van der Waals surface area contributed by atoms with E-state index in [1.807, 2.05) is 0 Å². The first kappa shape index (κ1) is 25.5. The second-order valence-electron chi connectivity index (χ2n) is 7.02. The van der Waals surface area contributed by atoms with E-state index < -0.39 is 12.9 Å². The number of hydrogen-bond acceptors (Lipinski definition) is 5. The van der Waals surface area contributed by atoms with Gasteiger partial charge in [-0.25, -0.2) is 4.57 Å². The van der Waals surface area contributed by atoms with Crippen molar-refractivity contribution >= 4 is 18.2 Å². The predicted octanol–water partition coefficient (Wildman–Crippen LogP) is 6.67. The Morgan fingerprint density at radius 1 is 0.920 bits per heavy atom. The Bertz CT molecular complexity index is 328. The van der Waals surface area contributed by atoms with Crippen LogP contribution in [0.3, 0.4) is 0 Å². The molecule has 0 saturated heterocycles. The second kappa shape index (κ2) is 15.5. The summed E-state index contributed by atoms with van der Waals surface area (Å²) in [5.41, 5.74) is 0. The molecule has 0 bridgehead atoms. The van der Waals surface area contributed by atoms with Gasteiger partial charge in [0.15, 0.2) is 0 Å². The first-order valence-electron chi connectivity index (χ1n) is 10.1. The van der Waals surface area contributed by atoms with Crippen molar-refractivity contribution in [3.63, 3.8) is 0 Å². The van der Waals surface area contributed by atoms with Crippen molar-refractivity contribution in [2.75, 3.05) is 19.0 Å². The molecule has 0 spiro atoms. The molecule has 0 fully saturated rings. The number of hydrogen-bond donors (Lipinski definition) is 1. The van der Waals surface area contributed by atoms with Crippen molar-refractivity contribution in [1.82, 2.24) is 0 Å². The Morgan fingerprint density at radius 2 is 1.36 bits per heavy atom. The van der Waals surface area contributed by atoms with E-state index in [9.17, 15) is 9.67 Å². The minimum atomic E-state index is -3.21. The molecule has 3 unspecified atom stereocenters. The third-order valence-electron chi connectivity index (χ3n) is 4.50. The third kappa shape index (κ3) is 13.3. The predicted molar refractivity (Wildman–Crippen MR) is 110 cm³/mol. The van der Waals surface area contributed by atoms with Crippen LogP contribution in [0.4, 0.5) is 0 Å². The lowest BCUT2D eigenvalue weighted by Crippen LogP contribution is -2.12. The fraction of sp³-hybridized carbons (Fsp3) is 1.00. The van der Waals surface area contributed by atoms with Crippen molar-refractivity contribution in [2.45, 2.75) is 92.1 Å². The fourth-order valence-corrected chi connectivity index (χ4v) is 5.92. The quantitative estimate of drug-likeness (QED) is 0.278. The molecule has 0 aliphatic carbocycles. The lowest BCUT2D eigenvalue weighted by atomic mass is 10.0. The highest BCUT2D eigenvalue weighted by molar-refractivity contribution is 8.55. The standard InChI is InChI=1S/C19H41O4PS/c1-6-10-12-18(8-3)14-22-24(21,25-16-17(5)20)23-15-19(9-4)13-11-7-2/h17-20H,6-16H2,1-5H3. The van der Waals surface area contributed by atoms with Gasteiger partial charge in [-0.2, -0.15) is 0 Å². The van der Waals surface area contributed by atoms with Gasteiger partial charge in [-0.05, 0) is 43.0 Å². The molecule has 0 aromatic rings. The molecule has 3 atom stereocenters. The molecule has 0 radical (unpaired) electrons. The van der Waals surface area contributed by atoms with Crippen molar-refractivity contribution in [3.8, 4) is 0 Å². The topological polar surface area (TPSA) is 55.8 Å². The van der Waals surface area contributed by atoms with Crippen molar-refractivity contribution in [1.29, 1.82) is 0 Å².